The fourth-order valence-electron chi connectivity index (χ4n) is 2.63. The number of alkyl halides is 3. The average Bonchev–Trinajstić information content (AvgIpc) is 2.76. The van der Waals surface area contributed by atoms with Gasteiger partial charge >= 0.3 is 18.0 Å². The number of nitrogens with zero attached hydrogens (tertiary/aromatic N) is 2. The molecule has 2 aromatic rings. The highest BCUT2D eigenvalue weighted by atomic mass is 19.4. The SMILES string of the molecule is Cc1ccccc1[C@H](C#N)/C(=N/NC(=O)C(=O)NN)C(=O)Nc1cccc(C(F)(F)F)c1. The van der Waals surface area contributed by atoms with E-state index in [0.717, 1.165) is 12.1 Å². The first-order valence-electron chi connectivity index (χ1n) is 8.90. The molecule has 0 spiro atoms. The minimum atomic E-state index is -4.64. The Labute approximate surface area is 180 Å². The summed E-state index contributed by atoms with van der Waals surface area (Å²) in [6.45, 7) is 1.67. The zero-order valence-electron chi connectivity index (χ0n) is 16.5. The molecule has 9 nitrogen and oxygen atoms in total. The molecule has 1 atom stereocenters. The largest absolute Gasteiger partial charge is 0.416 e. The highest BCUT2D eigenvalue weighted by Crippen LogP contribution is 2.31. The van der Waals surface area contributed by atoms with Gasteiger partial charge in [-0.15, -0.1) is 0 Å². The maximum absolute atomic E-state index is 13.0. The smallest absolute Gasteiger partial charge is 0.321 e. The van der Waals surface area contributed by atoms with Crippen LogP contribution in [0.1, 0.15) is 22.6 Å². The first-order valence-corrected chi connectivity index (χ1v) is 8.90. The van der Waals surface area contributed by atoms with Crippen LogP contribution < -0.4 is 22.0 Å². The lowest BCUT2D eigenvalue weighted by Crippen LogP contribution is -2.42. The van der Waals surface area contributed by atoms with Crippen LogP contribution in [0.25, 0.3) is 0 Å². The first kappa shape index (κ1) is 24.0. The van der Waals surface area contributed by atoms with Crippen LogP contribution in [-0.4, -0.2) is 23.4 Å². The maximum Gasteiger partial charge on any atom is 0.416 e. The molecule has 0 aliphatic carbocycles. The number of aryl methyl sites for hydroxylation is 1. The molecule has 0 heterocycles. The van der Waals surface area contributed by atoms with Crippen molar-refractivity contribution < 1.29 is 27.6 Å². The number of hydrazine groups is 1. The number of halogens is 3. The Morgan fingerprint density at radius 1 is 1.06 bits per heavy atom. The van der Waals surface area contributed by atoms with Crippen molar-refractivity contribution in [3.63, 3.8) is 0 Å². The molecular weight excluding hydrogens is 429 g/mol. The molecule has 32 heavy (non-hydrogen) atoms. The molecule has 0 aliphatic rings. The van der Waals surface area contributed by atoms with E-state index in [9.17, 15) is 32.8 Å². The van der Waals surface area contributed by atoms with Crippen LogP contribution in [0.5, 0.6) is 0 Å². The van der Waals surface area contributed by atoms with Gasteiger partial charge < -0.3 is 5.32 Å². The Balaban J connectivity index is 2.45. The van der Waals surface area contributed by atoms with Crippen molar-refractivity contribution in [1.82, 2.24) is 10.9 Å². The Hall–Kier alpha value is -4.24. The van der Waals surface area contributed by atoms with Gasteiger partial charge in [0.25, 0.3) is 5.91 Å². The van der Waals surface area contributed by atoms with Crippen molar-refractivity contribution in [2.75, 3.05) is 5.32 Å². The van der Waals surface area contributed by atoms with Crippen LogP contribution in [0.15, 0.2) is 53.6 Å². The molecule has 5 N–H and O–H groups in total. The van der Waals surface area contributed by atoms with Gasteiger partial charge in [0.15, 0.2) is 0 Å². The van der Waals surface area contributed by atoms with Crippen LogP contribution in [0, 0.1) is 18.3 Å². The third-order valence-electron chi connectivity index (χ3n) is 4.20. The summed E-state index contributed by atoms with van der Waals surface area (Å²) < 4.78 is 38.9. The lowest BCUT2D eigenvalue weighted by molar-refractivity contribution is -0.139. The number of benzene rings is 2. The summed E-state index contributed by atoms with van der Waals surface area (Å²) >= 11 is 0. The molecule has 166 valence electrons. The van der Waals surface area contributed by atoms with Gasteiger partial charge in [0, 0.05) is 5.69 Å². The molecule has 0 radical (unpaired) electrons. The van der Waals surface area contributed by atoms with Gasteiger partial charge in [0.05, 0.1) is 11.6 Å². The first-order chi connectivity index (χ1) is 15.1. The molecule has 0 saturated heterocycles. The topological polar surface area (TPSA) is 149 Å². The van der Waals surface area contributed by atoms with E-state index >= 15 is 0 Å². The number of nitriles is 1. The van der Waals surface area contributed by atoms with E-state index < -0.39 is 41.1 Å². The zero-order chi connectivity index (χ0) is 23.9. The number of anilines is 1. The second-order valence-corrected chi connectivity index (χ2v) is 6.36. The minimum absolute atomic E-state index is 0.218. The number of hydrazone groups is 1. The van der Waals surface area contributed by atoms with Gasteiger partial charge in [0.2, 0.25) is 0 Å². The molecule has 2 aromatic carbocycles. The molecule has 0 bridgehead atoms. The number of nitrogens with two attached hydrogens (primary N) is 1. The fraction of sp³-hybridized carbons (Fsp3) is 0.150. The van der Waals surface area contributed by atoms with E-state index in [1.165, 1.54) is 6.07 Å². The summed E-state index contributed by atoms with van der Waals surface area (Å²) in [6, 6.07) is 12.2. The van der Waals surface area contributed by atoms with E-state index in [4.69, 9.17) is 5.84 Å². The third-order valence-corrected chi connectivity index (χ3v) is 4.20. The lowest BCUT2D eigenvalue weighted by atomic mass is 9.91. The fourth-order valence-corrected chi connectivity index (χ4v) is 2.63. The molecular formula is C20H17F3N6O3. The molecule has 0 saturated carbocycles. The number of hydrogen-bond acceptors (Lipinski definition) is 6. The van der Waals surface area contributed by atoms with Crippen molar-refractivity contribution in [2.45, 2.75) is 19.0 Å². The van der Waals surface area contributed by atoms with E-state index in [2.05, 4.69) is 10.4 Å². The predicted octanol–water partition coefficient (Wildman–Crippen LogP) is 1.72. The van der Waals surface area contributed by atoms with Crippen LogP contribution in [0.2, 0.25) is 0 Å². The van der Waals surface area contributed by atoms with Gasteiger partial charge in [-0.05, 0) is 36.2 Å². The van der Waals surface area contributed by atoms with E-state index in [1.807, 2.05) is 6.07 Å². The quantitative estimate of drug-likeness (QED) is 0.181. The minimum Gasteiger partial charge on any atom is -0.321 e. The second-order valence-electron chi connectivity index (χ2n) is 6.36. The summed E-state index contributed by atoms with van der Waals surface area (Å²) in [5.41, 5.74) is 2.58. The average molecular weight is 446 g/mol. The molecule has 0 unspecified atom stereocenters. The van der Waals surface area contributed by atoms with Crippen molar-refractivity contribution in [3.05, 3.63) is 65.2 Å². The van der Waals surface area contributed by atoms with Crippen molar-refractivity contribution in [3.8, 4) is 6.07 Å². The number of carbonyl (C=O) groups excluding carboxylic acids is 3. The highest BCUT2D eigenvalue weighted by Gasteiger charge is 2.31. The van der Waals surface area contributed by atoms with Gasteiger partial charge in [-0.2, -0.15) is 23.5 Å². The van der Waals surface area contributed by atoms with E-state index in [0.29, 0.717) is 17.2 Å². The molecule has 0 fully saturated rings. The zero-order valence-corrected chi connectivity index (χ0v) is 16.5. The predicted molar refractivity (Wildman–Crippen MR) is 108 cm³/mol. The van der Waals surface area contributed by atoms with Gasteiger partial charge in [-0.3, -0.25) is 19.8 Å². The molecule has 12 heteroatoms. The normalized spacial score (nSPS) is 12.3. The van der Waals surface area contributed by atoms with E-state index in [-0.39, 0.29) is 5.69 Å². The van der Waals surface area contributed by atoms with Crippen LogP contribution in [-0.2, 0) is 20.6 Å². The third kappa shape index (κ3) is 5.89. The van der Waals surface area contributed by atoms with Crippen LogP contribution >= 0.6 is 0 Å². The van der Waals surface area contributed by atoms with Crippen LogP contribution in [0.4, 0.5) is 18.9 Å². The van der Waals surface area contributed by atoms with Crippen molar-refractivity contribution >= 4 is 29.1 Å². The standard InChI is InChI=1S/C20H17F3N6O3/c1-11-5-2-3-8-14(11)15(10-24)16(28-29-19(32)18(31)27-25)17(30)26-13-7-4-6-12(9-13)20(21,22)23/h2-9,15H,25H2,1H3,(H,26,30)(H,27,31)(H,29,32)/b28-16-/t15-/m0/s1. The summed E-state index contributed by atoms with van der Waals surface area (Å²) in [6.07, 6.45) is -4.64. The maximum atomic E-state index is 13.0. The Kier molecular flexibility index (Phi) is 7.65. The Bertz CT molecular complexity index is 1110. The monoisotopic (exact) mass is 446 g/mol. The highest BCUT2D eigenvalue weighted by molar-refractivity contribution is 6.46. The lowest BCUT2D eigenvalue weighted by Gasteiger charge is -2.16. The molecule has 0 aromatic heterocycles. The summed E-state index contributed by atoms with van der Waals surface area (Å²) in [4.78, 5) is 35.8. The summed E-state index contributed by atoms with van der Waals surface area (Å²) in [5, 5.41) is 15.5. The summed E-state index contributed by atoms with van der Waals surface area (Å²) in [7, 11) is 0. The van der Waals surface area contributed by atoms with Crippen molar-refractivity contribution in [1.29, 1.82) is 5.26 Å². The molecule has 3 amide bonds. The second kappa shape index (κ2) is 10.2. The molecule has 0 aliphatic heterocycles. The Morgan fingerprint density at radius 2 is 1.75 bits per heavy atom. The number of nitrogens with one attached hydrogen (secondary N) is 3. The van der Waals surface area contributed by atoms with E-state index in [1.54, 1.807) is 42.0 Å². The van der Waals surface area contributed by atoms with Gasteiger partial charge in [-0.1, -0.05) is 30.3 Å². The number of hydrogen-bond donors (Lipinski definition) is 4. The van der Waals surface area contributed by atoms with Crippen LogP contribution in [0.3, 0.4) is 0 Å². The van der Waals surface area contributed by atoms with Gasteiger partial charge in [0.1, 0.15) is 11.6 Å². The Morgan fingerprint density at radius 3 is 2.34 bits per heavy atom. The van der Waals surface area contributed by atoms with Crippen molar-refractivity contribution in [2.24, 2.45) is 10.9 Å². The summed E-state index contributed by atoms with van der Waals surface area (Å²) in [5.74, 6) is -0.113. The van der Waals surface area contributed by atoms with Gasteiger partial charge in [-0.25, -0.2) is 11.3 Å². The number of rotatable bonds is 5. The molecule has 2 rings (SSSR count). The number of carbonyl (C=O) groups is 3. The number of amides is 3.